The molecule has 1 heterocycles. The fourth-order valence-electron chi connectivity index (χ4n) is 2.79. The van der Waals surface area contributed by atoms with Gasteiger partial charge in [-0.2, -0.15) is 0 Å². The number of rotatable bonds is 5. The Hall–Kier alpha value is -3.29. The number of nitrogens with zero attached hydrogens (tertiary/aromatic N) is 1. The number of ether oxygens (including phenoxy) is 3. The molecule has 27 heavy (non-hydrogen) atoms. The van der Waals surface area contributed by atoms with Gasteiger partial charge >= 0.3 is 5.69 Å². The first-order chi connectivity index (χ1) is 13.0. The van der Waals surface area contributed by atoms with Crippen LogP contribution >= 0.6 is 0 Å². The lowest BCUT2D eigenvalue weighted by Crippen LogP contribution is -2.26. The van der Waals surface area contributed by atoms with Gasteiger partial charge in [0.25, 0.3) is 5.91 Å². The predicted molar refractivity (Wildman–Crippen MR) is 97.6 cm³/mol. The normalized spacial score (nSPS) is 14.0. The van der Waals surface area contributed by atoms with Crippen LogP contribution in [-0.2, 0) is 0 Å². The van der Waals surface area contributed by atoms with Crippen LogP contribution in [0.15, 0.2) is 36.4 Å². The number of carbonyl (C=O) groups is 1. The van der Waals surface area contributed by atoms with Crippen LogP contribution in [0.1, 0.15) is 35.3 Å². The van der Waals surface area contributed by atoms with Crippen LogP contribution < -0.4 is 19.5 Å². The number of hydrogen-bond donors (Lipinski definition) is 1. The Balaban J connectivity index is 1.77. The summed E-state index contributed by atoms with van der Waals surface area (Å²) >= 11 is 0. The first-order valence-corrected chi connectivity index (χ1v) is 8.52. The molecule has 0 saturated heterocycles. The Morgan fingerprint density at radius 3 is 2.63 bits per heavy atom. The third-order valence-electron chi connectivity index (χ3n) is 4.26. The maximum atomic E-state index is 12.5. The topological polar surface area (TPSA) is 99.9 Å². The number of nitro groups is 1. The second-order valence-corrected chi connectivity index (χ2v) is 6.10. The van der Waals surface area contributed by atoms with Crippen molar-refractivity contribution in [3.05, 3.63) is 57.6 Å². The zero-order valence-electron chi connectivity index (χ0n) is 15.1. The number of hydrogen-bond acceptors (Lipinski definition) is 6. The van der Waals surface area contributed by atoms with Gasteiger partial charge in [0.05, 0.1) is 31.3 Å². The lowest BCUT2D eigenvalue weighted by molar-refractivity contribution is -0.385. The highest BCUT2D eigenvalue weighted by Crippen LogP contribution is 2.32. The van der Waals surface area contributed by atoms with Crippen molar-refractivity contribution in [1.29, 1.82) is 0 Å². The van der Waals surface area contributed by atoms with Gasteiger partial charge in [0.15, 0.2) is 17.2 Å². The van der Waals surface area contributed by atoms with Crippen LogP contribution in [0.2, 0.25) is 0 Å². The number of carbonyl (C=O) groups excluding carboxylic acids is 1. The molecule has 1 amide bonds. The van der Waals surface area contributed by atoms with E-state index >= 15 is 0 Å². The summed E-state index contributed by atoms with van der Waals surface area (Å²) in [5.74, 6) is 1.01. The van der Waals surface area contributed by atoms with Crippen molar-refractivity contribution in [2.45, 2.75) is 19.4 Å². The molecule has 0 radical (unpaired) electrons. The molecular weight excluding hydrogens is 352 g/mol. The van der Waals surface area contributed by atoms with Gasteiger partial charge in [-0.3, -0.25) is 14.9 Å². The third kappa shape index (κ3) is 4.11. The van der Waals surface area contributed by atoms with Gasteiger partial charge in [-0.1, -0.05) is 6.07 Å². The first-order valence-electron chi connectivity index (χ1n) is 8.52. The SMILES string of the molecule is COc1ccc(C(=O)N[C@H](C)c2ccc3c(c2)OCCCO3)cc1[N+](=O)[O-]. The van der Waals surface area contributed by atoms with Crippen LogP contribution in [-0.4, -0.2) is 31.2 Å². The summed E-state index contributed by atoms with van der Waals surface area (Å²) in [6.07, 6.45) is 0.812. The molecule has 0 aromatic heterocycles. The Morgan fingerprint density at radius 1 is 1.19 bits per heavy atom. The molecule has 1 atom stereocenters. The van der Waals surface area contributed by atoms with Crippen molar-refractivity contribution < 1.29 is 23.9 Å². The van der Waals surface area contributed by atoms with E-state index in [4.69, 9.17) is 14.2 Å². The maximum Gasteiger partial charge on any atom is 0.311 e. The lowest BCUT2D eigenvalue weighted by atomic mass is 10.1. The summed E-state index contributed by atoms with van der Waals surface area (Å²) in [4.78, 5) is 23.1. The van der Waals surface area contributed by atoms with Crippen molar-refractivity contribution in [3.63, 3.8) is 0 Å². The lowest BCUT2D eigenvalue weighted by Gasteiger charge is -2.16. The fourth-order valence-corrected chi connectivity index (χ4v) is 2.79. The molecule has 1 N–H and O–H groups in total. The van der Waals surface area contributed by atoms with E-state index in [0.717, 1.165) is 12.0 Å². The molecule has 0 unspecified atom stereocenters. The molecule has 2 aromatic carbocycles. The van der Waals surface area contributed by atoms with Crippen molar-refractivity contribution in [2.75, 3.05) is 20.3 Å². The van der Waals surface area contributed by atoms with Gasteiger partial charge in [0.1, 0.15) is 0 Å². The molecule has 0 fully saturated rings. The maximum absolute atomic E-state index is 12.5. The highest BCUT2D eigenvalue weighted by molar-refractivity contribution is 5.95. The van der Waals surface area contributed by atoms with Crippen molar-refractivity contribution in [2.24, 2.45) is 0 Å². The van der Waals surface area contributed by atoms with Crippen molar-refractivity contribution in [3.8, 4) is 17.2 Å². The van der Waals surface area contributed by atoms with Crippen LogP contribution in [0.3, 0.4) is 0 Å². The third-order valence-corrected chi connectivity index (χ3v) is 4.26. The molecule has 1 aliphatic heterocycles. The smallest absolute Gasteiger partial charge is 0.311 e. The number of nitro benzene ring substituents is 1. The van der Waals surface area contributed by atoms with Gasteiger partial charge in [-0.25, -0.2) is 0 Å². The van der Waals surface area contributed by atoms with E-state index in [0.29, 0.717) is 24.7 Å². The second kappa shape index (κ2) is 7.94. The summed E-state index contributed by atoms with van der Waals surface area (Å²) in [6.45, 7) is 3.01. The van der Waals surface area contributed by atoms with Gasteiger partial charge in [0.2, 0.25) is 0 Å². The van der Waals surface area contributed by atoms with E-state index in [1.165, 1.54) is 25.3 Å². The van der Waals surface area contributed by atoms with Crippen LogP contribution in [0.5, 0.6) is 17.2 Å². The Labute approximate surface area is 156 Å². The van der Waals surface area contributed by atoms with Crippen molar-refractivity contribution in [1.82, 2.24) is 5.32 Å². The molecule has 2 aromatic rings. The average Bonchev–Trinajstić information content (AvgIpc) is 2.92. The van der Waals surface area contributed by atoms with E-state index in [-0.39, 0.29) is 23.0 Å². The molecular formula is C19H20N2O6. The Morgan fingerprint density at radius 2 is 1.93 bits per heavy atom. The van der Waals surface area contributed by atoms with Gasteiger partial charge in [0, 0.05) is 18.1 Å². The van der Waals surface area contributed by atoms with E-state index in [9.17, 15) is 14.9 Å². The van der Waals surface area contributed by atoms with Crippen LogP contribution in [0.4, 0.5) is 5.69 Å². The highest BCUT2D eigenvalue weighted by Gasteiger charge is 2.20. The molecule has 0 saturated carbocycles. The summed E-state index contributed by atoms with van der Waals surface area (Å²) < 4.78 is 16.2. The summed E-state index contributed by atoms with van der Waals surface area (Å²) in [7, 11) is 1.34. The Bertz CT molecular complexity index is 867. The number of benzene rings is 2. The predicted octanol–water partition coefficient (Wildman–Crippen LogP) is 3.26. The van der Waals surface area contributed by atoms with Crippen LogP contribution in [0.25, 0.3) is 0 Å². The highest BCUT2D eigenvalue weighted by atomic mass is 16.6. The van der Waals surface area contributed by atoms with Gasteiger partial charge < -0.3 is 19.5 Å². The molecule has 0 bridgehead atoms. The zero-order valence-corrected chi connectivity index (χ0v) is 15.1. The number of methoxy groups -OCH3 is 1. The monoisotopic (exact) mass is 372 g/mol. The number of fused-ring (bicyclic) bond motifs is 1. The second-order valence-electron chi connectivity index (χ2n) is 6.10. The van der Waals surface area contributed by atoms with E-state index in [2.05, 4.69) is 5.32 Å². The molecule has 0 spiro atoms. The summed E-state index contributed by atoms with van der Waals surface area (Å²) in [5.41, 5.74) is 0.771. The molecule has 142 valence electrons. The number of nitrogens with one attached hydrogen (secondary N) is 1. The first kappa shape index (κ1) is 18.5. The van der Waals surface area contributed by atoms with Crippen LogP contribution in [0, 0.1) is 10.1 Å². The number of amides is 1. The molecule has 8 nitrogen and oxygen atoms in total. The van der Waals surface area contributed by atoms with E-state index in [1.807, 2.05) is 25.1 Å². The zero-order chi connectivity index (χ0) is 19.4. The fraction of sp³-hybridized carbons (Fsp3) is 0.316. The van der Waals surface area contributed by atoms with Gasteiger partial charge in [-0.15, -0.1) is 0 Å². The van der Waals surface area contributed by atoms with E-state index < -0.39 is 10.8 Å². The summed E-state index contributed by atoms with van der Waals surface area (Å²) in [5, 5.41) is 14.0. The van der Waals surface area contributed by atoms with E-state index in [1.54, 1.807) is 0 Å². The van der Waals surface area contributed by atoms with Gasteiger partial charge in [-0.05, 0) is 36.8 Å². The Kier molecular flexibility index (Phi) is 5.44. The molecule has 0 aliphatic carbocycles. The minimum atomic E-state index is -0.581. The molecule has 8 heteroatoms. The standard InChI is InChI=1S/C19H20N2O6/c1-12(13-4-7-17-18(11-13)27-9-3-8-26-17)20-19(22)14-5-6-16(25-2)15(10-14)21(23)24/h4-7,10-12H,3,8-9H2,1-2H3,(H,20,22)/t12-/m1/s1. The average molecular weight is 372 g/mol. The quantitative estimate of drug-likeness (QED) is 0.639. The minimum Gasteiger partial charge on any atom is -0.490 e. The summed E-state index contributed by atoms with van der Waals surface area (Å²) in [6, 6.07) is 9.28. The van der Waals surface area contributed by atoms with Crippen molar-refractivity contribution >= 4 is 11.6 Å². The largest absolute Gasteiger partial charge is 0.490 e. The molecule has 3 rings (SSSR count). The molecule has 1 aliphatic rings. The minimum absolute atomic E-state index is 0.104.